The molecule has 1 aliphatic carbocycles. The van der Waals surface area contributed by atoms with Crippen molar-refractivity contribution in [3.63, 3.8) is 0 Å². The summed E-state index contributed by atoms with van der Waals surface area (Å²) in [7, 11) is 0. The van der Waals surface area contributed by atoms with Crippen LogP contribution in [-0.4, -0.2) is 39.9 Å². The van der Waals surface area contributed by atoms with E-state index in [4.69, 9.17) is 11.5 Å². The summed E-state index contributed by atoms with van der Waals surface area (Å²) >= 11 is 0. The molecule has 4 heterocycles. The number of aromatic nitrogens is 6. The molecule has 0 spiro atoms. The molecule has 0 aromatic carbocycles. The van der Waals surface area contributed by atoms with E-state index in [1.165, 1.54) is 12.8 Å². The second kappa shape index (κ2) is 7.91. The fourth-order valence-electron chi connectivity index (χ4n) is 3.89. The van der Waals surface area contributed by atoms with E-state index in [-0.39, 0.29) is 11.5 Å². The zero-order valence-corrected chi connectivity index (χ0v) is 17.4. The number of fused-ring (bicyclic) bond motifs is 2. The van der Waals surface area contributed by atoms with E-state index in [1.807, 2.05) is 18.2 Å². The normalized spacial score (nSPS) is 21.5. The number of hydrogen-bond acceptors (Lipinski definition) is 7. The van der Waals surface area contributed by atoms with Gasteiger partial charge in [0.25, 0.3) is 0 Å². The summed E-state index contributed by atoms with van der Waals surface area (Å²) in [5.74, 6) is 1.30. The predicted molar refractivity (Wildman–Crippen MR) is 117 cm³/mol. The zero-order chi connectivity index (χ0) is 21.3. The lowest BCUT2D eigenvalue weighted by molar-refractivity contribution is -0.0103. The largest absolute Gasteiger partial charge is 0.390 e. The first-order valence-electron chi connectivity index (χ1n) is 10.3. The Bertz CT molecular complexity index is 1160. The third-order valence-corrected chi connectivity index (χ3v) is 5.95. The molecule has 0 bridgehead atoms. The number of nitrogens with zero attached hydrogens (tertiary/aromatic N) is 6. The summed E-state index contributed by atoms with van der Waals surface area (Å²) in [5, 5.41) is 18.4. The van der Waals surface area contributed by atoms with Gasteiger partial charge in [0, 0.05) is 24.2 Å². The average molecular weight is 409 g/mol. The third kappa shape index (κ3) is 3.93. The van der Waals surface area contributed by atoms with Crippen molar-refractivity contribution < 1.29 is 5.11 Å². The number of nitrogen functional groups attached to an aromatic ring is 2. The van der Waals surface area contributed by atoms with Crippen molar-refractivity contribution >= 4 is 22.9 Å². The summed E-state index contributed by atoms with van der Waals surface area (Å²) in [5.41, 5.74) is 14.3. The Morgan fingerprint density at radius 1 is 1.10 bits per heavy atom. The van der Waals surface area contributed by atoms with E-state index in [0.29, 0.717) is 11.3 Å². The quantitative estimate of drug-likeness (QED) is 0.464. The number of aliphatic hydroxyl groups is 1. The van der Waals surface area contributed by atoms with E-state index in [9.17, 15) is 5.11 Å². The van der Waals surface area contributed by atoms with Gasteiger partial charge in [0.2, 0.25) is 5.95 Å². The summed E-state index contributed by atoms with van der Waals surface area (Å²) < 4.78 is 3.31. The lowest BCUT2D eigenvalue weighted by Gasteiger charge is -2.33. The van der Waals surface area contributed by atoms with Crippen molar-refractivity contribution in [3.8, 4) is 11.3 Å². The van der Waals surface area contributed by atoms with E-state index in [2.05, 4.69) is 34.0 Å². The maximum Gasteiger partial charge on any atom is 0.240 e. The van der Waals surface area contributed by atoms with Gasteiger partial charge in [0.05, 0.1) is 11.3 Å². The molecule has 0 unspecified atom stereocenters. The van der Waals surface area contributed by atoms with Crippen LogP contribution < -0.4 is 11.5 Å². The molecule has 30 heavy (non-hydrogen) atoms. The lowest BCUT2D eigenvalue weighted by Crippen LogP contribution is -2.32. The SMILES string of the molecule is CCC1(O)CCC(C)CC1.Nc1nc(N)c2c(-c3ccc4nccn4n3)ccn2n1. The molecular formula is C21H28N8O. The van der Waals surface area contributed by atoms with Gasteiger partial charge in [-0.3, -0.25) is 0 Å². The third-order valence-electron chi connectivity index (χ3n) is 5.95. The number of imidazole rings is 1. The van der Waals surface area contributed by atoms with Gasteiger partial charge in [0.15, 0.2) is 11.5 Å². The highest BCUT2D eigenvalue weighted by atomic mass is 16.3. The molecule has 4 aromatic rings. The van der Waals surface area contributed by atoms with Crippen LogP contribution in [0.25, 0.3) is 22.4 Å². The van der Waals surface area contributed by atoms with Crippen molar-refractivity contribution in [2.75, 3.05) is 11.5 Å². The molecular weight excluding hydrogens is 380 g/mol. The van der Waals surface area contributed by atoms with E-state index in [0.717, 1.165) is 42.1 Å². The summed E-state index contributed by atoms with van der Waals surface area (Å²) in [6, 6.07) is 5.65. The molecule has 0 amide bonds. The van der Waals surface area contributed by atoms with Gasteiger partial charge in [-0.05, 0) is 56.2 Å². The maximum atomic E-state index is 9.80. The van der Waals surface area contributed by atoms with Crippen molar-refractivity contribution in [2.45, 2.75) is 51.6 Å². The lowest BCUT2D eigenvalue weighted by atomic mass is 9.78. The van der Waals surface area contributed by atoms with Crippen molar-refractivity contribution in [1.82, 2.24) is 29.2 Å². The molecule has 0 radical (unpaired) electrons. The van der Waals surface area contributed by atoms with Crippen molar-refractivity contribution in [3.05, 3.63) is 36.8 Å². The van der Waals surface area contributed by atoms with Crippen LogP contribution in [0, 0.1) is 5.92 Å². The molecule has 1 aliphatic rings. The molecule has 0 atom stereocenters. The summed E-state index contributed by atoms with van der Waals surface area (Å²) in [4.78, 5) is 8.15. The highest BCUT2D eigenvalue weighted by Gasteiger charge is 2.29. The highest BCUT2D eigenvalue weighted by Crippen LogP contribution is 2.33. The molecule has 158 valence electrons. The standard InChI is InChI=1S/C12H10N8.C9H18O/c13-11-10-7(3-5-20(10)18-12(14)16-11)8-1-2-9-15-4-6-19(9)17-8;1-3-9(10)6-4-8(2)5-7-9/h1-6H,(H4,13,14,16,18);8,10H,3-7H2,1-2H3. The minimum atomic E-state index is -0.299. The van der Waals surface area contributed by atoms with Crippen molar-refractivity contribution in [1.29, 1.82) is 0 Å². The fourth-order valence-corrected chi connectivity index (χ4v) is 3.89. The first-order valence-corrected chi connectivity index (χ1v) is 10.3. The monoisotopic (exact) mass is 408 g/mol. The van der Waals surface area contributed by atoms with Crippen LogP contribution >= 0.6 is 0 Å². The maximum absolute atomic E-state index is 9.80. The van der Waals surface area contributed by atoms with Gasteiger partial charge in [-0.15, -0.1) is 5.10 Å². The van der Waals surface area contributed by atoms with Crippen LogP contribution in [0.1, 0.15) is 46.0 Å². The number of anilines is 2. The van der Waals surface area contributed by atoms with E-state index in [1.54, 1.807) is 27.6 Å². The van der Waals surface area contributed by atoms with Gasteiger partial charge in [-0.25, -0.2) is 14.0 Å². The molecule has 1 fully saturated rings. The second-order valence-electron chi connectivity index (χ2n) is 8.09. The Hall–Kier alpha value is -3.20. The van der Waals surface area contributed by atoms with E-state index >= 15 is 0 Å². The second-order valence-corrected chi connectivity index (χ2v) is 8.09. The number of hydrogen-bond donors (Lipinski definition) is 3. The smallest absolute Gasteiger partial charge is 0.240 e. The van der Waals surface area contributed by atoms with Crippen LogP contribution in [0.4, 0.5) is 11.8 Å². The molecule has 9 nitrogen and oxygen atoms in total. The van der Waals surface area contributed by atoms with Gasteiger partial charge in [-0.2, -0.15) is 10.1 Å². The van der Waals surface area contributed by atoms with Crippen LogP contribution in [0.15, 0.2) is 36.8 Å². The molecule has 4 aromatic heterocycles. The van der Waals surface area contributed by atoms with Crippen molar-refractivity contribution in [2.24, 2.45) is 5.92 Å². The topological polar surface area (TPSA) is 133 Å². The Labute approximate surface area is 174 Å². The highest BCUT2D eigenvalue weighted by molar-refractivity contribution is 5.86. The van der Waals surface area contributed by atoms with Crippen LogP contribution in [0.3, 0.4) is 0 Å². The molecule has 9 heteroatoms. The van der Waals surface area contributed by atoms with Crippen LogP contribution in [-0.2, 0) is 0 Å². The molecule has 0 aliphatic heterocycles. The molecule has 5 N–H and O–H groups in total. The Morgan fingerprint density at radius 3 is 2.60 bits per heavy atom. The van der Waals surface area contributed by atoms with E-state index < -0.39 is 0 Å². The molecule has 0 saturated heterocycles. The minimum Gasteiger partial charge on any atom is -0.390 e. The summed E-state index contributed by atoms with van der Waals surface area (Å²) in [6.45, 7) is 4.35. The Morgan fingerprint density at radius 2 is 1.87 bits per heavy atom. The first-order chi connectivity index (χ1) is 14.4. The zero-order valence-electron chi connectivity index (χ0n) is 17.4. The van der Waals surface area contributed by atoms with Crippen LogP contribution in [0.5, 0.6) is 0 Å². The Balaban J connectivity index is 0.000000185. The number of nitrogens with two attached hydrogens (primary N) is 2. The van der Waals surface area contributed by atoms with Gasteiger partial charge < -0.3 is 16.6 Å². The van der Waals surface area contributed by atoms with Crippen LogP contribution in [0.2, 0.25) is 0 Å². The fraction of sp³-hybridized carbons (Fsp3) is 0.429. The van der Waals surface area contributed by atoms with Gasteiger partial charge in [0.1, 0.15) is 5.52 Å². The first kappa shape index (κ1) is 20.1. The minimum absolute atomic E-state index is 0.134. The van der Waals surface area contributed by atoms with Gasteiger partial charge >= 0.3 is 0 Å². The Kier molecular flexibility index (Phi) is 5.29. The number of rotatable bonds is 2. The molecule has 1 saturated carbocycles. The van der Waals surface area contributed by atoms with Gasteiger partial charge in [-0.1, -0.05) is 13.8 Å². The average Bonchev–Trinajstić information content (AvgIpc) is 3.37. The molecule has 5 rings (SSSR count). The summed E-state index contributed by atoms with van der Waals surface area (Å²) in [6.07, 6.45) is 10.7. The predicted octanol–water partition coefficient (Wildman–Crippen LogP) is 2.94.